The van der Waals surface area contributed by atoms with E-state index in [-0.39, 0.29) is 5.82 Å². The van der Waals surface area contributed by atoms with Crippen molar-refractivity contribution in [2.24, 2.45) is 0 Å². The van der Waals surface area contributed by atoms with Gasteiger partial charge in [-0.1, -0.05) is 6.07 Å². The lowest BCUT2D eigenvalue weighted by molar-refractivity contribution is 0.101. The average Bonchev–Trinajstić information content (AvgIpc) is 2.75. The minimum atomic E-state index is -0.900. The van der Waals surface area contributed by atoms with Crippen LogP contribution in [0.25, 0.3) is 0 Å². The molecule has 154 valence electrons. The number of hydrogen-bond acceptors (Lipinski definition) is 3. The van der Waals surface area contributed by atoms with Gasteiger partial charge in [0.05, 0.1) is 0 Å². The smallest absolute Gasteiger partial charge is 0.261 e. The fraction of sp³-hybridized carbons (Fsp3) is 0.174. The molecular formula is C23H20F3N3O. The first-order valence-corrected chi connectivity index (χ1v) is 9.62. The Kier molecular flexibility index (Phi) is 5.61. The number of nitrogens with zero attached hydrogens (tertiary/aromatic N) is 2. The zero-order valence-corrected chi connectivity index (χ0v) is 16.1. The van der Waals surface area contributed by atoms with Gasteiger partial charge < -0.3 is 15.1 Å². The first-order valence-electron chi connectivity index (χ1n) is 9.62. The molecule has 7 heteroatoms. The van der Waals surface area contributed by atoms with E-state index in [0.29, 0.717) is 5.69 Å². The number of rotatable bonds is 4. The van der Waals surface area contributed by atoms with Gasteiger partial charge in [-0.3, -0.25) is 4.79 Å². The minimum Gasteiger partial charge on any atom is -0.368 e. The second kappa shape index (κ2) is 8.49. The summed E-state index contributed by atoms with van der Waals surface area (Å²) >= 11 is 0. The molecule has 0 saturated carbocycles. The van der Waals surface area contributed by atoms with Crippen LogP contribution in [0.1, 0.15) is 10.4 Å². The summed E-state index contributed by atoms with van der Waals surface area (Å²) in [5, 5.41) is 2.53. The summed E-state index contributed by atoms with van der Waals surface area (Å²) in [5.41, 5.74) is 1.84. The average molecular weight is 411 g/mol. The molecule has 1 aliphatic heterocycles. The summed E-state index contributed by atoms with van der Waals surface area (Å²) in [6.45, 7) is 3.19. The number of hydrogen-bond donors (Lipinski definition) is 1. The molecule has 3 aromatic rings. The monoisotopic (exact) mass is 411 g/mol. The Hall–Kier alpha value is -3.48. The molecule has 0 aromatic heterocycles. The van der Waals surface area contributed by atoms with Crippen molar-refractivity contribution in [1.82, 2.24) is 0 Å². The Morgan fingerprint density at radius 1 is 0.700 bits per heavy atom. The summed E-state index contributed by atoms with van der Waals surface area (Å²) < 4.78 is 40.6. The normalized spacial score (nSPS) is 14.0. The van der Waals surface area contributed by atoms with Gasteiger partial charge in [-0.2, -0.15) is 0 Å². The van der Waals surface area contributed by atoms with E-state index < -0.39 is 23.1 Å². The number of nitrogens with one attached hydrogen (secondary N) is 1. The highest BCUT2D eigenvalue weighted by Gasteiger charge is 2.19. The number of amides is 1. The quantitative estimate of drug-likeness (QED) is 0.677. The molecule has 3 aromatic carbocycles. The van der Waals surface area contributed by atoms with E-state index in [9.17, 15) is 18.0 Å². The van der Waals surface area contributed by atoms with Gasteiger partial charge in [0.1, 0.15) is 23.0 Å². The van der Waals surface area contributed by atoms with E-state index in [1.807, 2.05) is 12.1 Å². The van der Waals surface area contributed by atoms with Gasteiger partial charge in [0, 0.05) is 43.2 Å². The molecule has 4 nitrogen and oxygen atoms in total. The highest BCUT2D eigenvalue weighted by Crippen LogP contribution is 2.23. The van der Waals surface area contributed by atoms with E-state index in [0.717, 1.165) is 49.7 Å². The Balaban J connectivity index is 1.37. The van der Waals surface area contributed by atoms with Gasteiger partial charge >= 0.3 is 0 Å². The molecule has 0 unspecified atom stereocenters. The van der Waals surface area contributed by atoms with Gasteiger partial charge in [0.25, 0.3) is 5.91 Å². The molecule has 0 spiro atoms. The lowest BCUT2D eigenvalue weighted by Crippen LogP contribution is -2.46. The van der Waals surface area contributed by atoms with Crippen molar-refractivity contribution in [2.75, 3.05) is 41.3 Å². The zero-order valence-electron chi connectivity index (χ0n) is 16.1. The third-order valence-electron chi connectivity index (χ3n) is 5.15. The molecule has 1 fully saturated rings. The Morgan fingerprint density at radius 2 is 1.17 bits per heavy atom. The summed E-state index contributed by atoms with van der Waals surface area (Å²) in [7, 11) is 0. The van der Waals surface area contributed by atoms with Crippen LogP contribution in [-0.2, 0) is 0 Å². The van der Waals surface area contributed by atoms with Gasteiger partial charge in [-0.15, -0.1) is 0 Å². The number of benzene rings is 3. The first-order chi connectivity index (χ1) is 14.5. The molecule has 0 aliphatic carbocycles. The van der Waals surface area contributed by atoms with Crippen LogP contribution in [0.2, 0.25) is 0 Å². The highest BCUT2D eigenvalue weighted by molar-refractivity contribution is 6.04. The molecule has 4 rings (SSSR count). The van der Waals surface area contributed by atoms with Gasteiger partial charge in [0.2, 0.25) is 0 Å². The lowest BCUT2D eigenvalue weighted by Gasteiger charge is -2.37. The van der Waals surface area contributed by atoms with Crippen LogP contribution in [0.3, 0.4) is 0 Å². The van der Waals surface area contributed by atoms with Crippen LogP contribution >= 0.6 is 0 Å². The van der Waals surface area contributed by atoms with E-state index in [2.05, 4.69) is 15.1 Å². The molecule has 0 bridgehead atoms. The van der Waals surface area contributed by atoms with Gasteiger partial charge in [-0.05, 0) is 60.7 Å². The molecule has 1 heterocycles. The van der Waals surface area contributed by atoms with Crippen molar-refractivity contribution < 1.29 is 18.0 Å². The number of anilines is 3. The topological polar surface area (TPSA) is 35.6 Å². The molecule has 1 N–H and O–H groups in total. The molecule has 0 radical (unpaired) electrons. The molecule has 1 saturated heterocycles. The SMILES string of the molecule is O=C(Nc1ccc(N2CCN(c3ccc(F)cc3)CC2)cc1)c1c(F)cccc1F. The van der Waals surface area contributed by atoms with Crippen LogP contribution < -0.4 is 15.1 Å². The van der Waals surface area contributed by atoms with Crippen LogP contribution in [0.15, 0.2) is 66.7 Å². The third-order valence-corrected chi connectivity index (χ3v) is 5.15. The van der Waals surface area contributed by atoms with Crippen molar-refractivity contribution in [3.63, 3.8) is 0 Å². The van der Waals surface area contributed by atoms with Crippen LogP contribution in [0, 0.1) is 17.5 Å². The maximum atomic E-state index is 13.8. The van der Waals surface area contributed by atoms with Crippen LogP contribution in [-0.4, -0.2) is 32.1 Å². The van der Waals surface area contributed by atoms with Gasteiger partial charge in [0.15, 0.2) is 0 Å². The number of carbonyl (C=O) groups is 1. The lowest BCUT2D eigenvalue weighted by atomic mass is 10.1. The predicted octanol–water partition coefficient (Wildman–Crippen LogP) is 4.68. The number of carbonyl (C=O) groups excluding carboxylic acids is 1. The summed E-state index contributed by atoms with van der Waals surface area (Å²) in [6, 6.07) is 16.9. The Bertz CT molecular complexity index is 1010. The Morgan fingerprint density at radius 3 is 1.67 bits per heavy atom. The Labute approximate surface area is 172 Å². The van der Waals surface area contributed by atoms with E-state index in [4.69, 9.17) is 0 Å². The van der Waals surface area contributed by atoms with E-state index >= 15 is 0 Å². The van der Waals surface area contributed by atoms with Crippen molar-refractivity contribution in [2.45, 2.75) is 0 Å². The zero-order chi connectivity index (χ0) is 21.1. The maximum absolute atomic E-state index is 13.8. The van der Waals surface area contributed by atoms with Crippen molar-refractivity contribution in [3.8, 4) is 0 Å². The molecular weight excluding hydrogens is 391 g/mol. The number of piperazine rings is 1. The minimum absolute atomic E-state index is 0.248. The molecule has 0 atom stereocenters. The largest absolute Gasteiger partial charge is 0.368 e. The standard InChI is InChI=1S/C23H20F3N3O/c24-16-4-8-18(9-5-16)28-12-14-29(15-13-28)19-10-6-17(7-11-19)27-23(30)22-20(25)2-1-3-21(22)26/h1-11H,12-15H2,(H,27,30). The number of halogens is 3. The van der Waals surface area contributed by atoms with Crippen LogP contribution in [0.4, 0.5) is 30.2 Å². The summed E-state index contributed by atoms with van der Waals surface area (Å²) in [5.74, 6) is -2.88. The van der Waals surface area contributed by atoms with E-state index in [1.54, 1.807) is 24.3 Å². The fourth-order valence-electron chi connectivity index (χ4n) is 3.54. The summed E-state index contributed by atoms with van der Waals surface area (Å²) in [6.07, 6.45) is 0. The van der Waals surface area contributed by atoms with Crippen molar-refractivity contribution >= 4 is 23.0 Å². The molecule has 30 heavy (non-hydrogen) atoms. The van der Waals surface area contributed by atoms with Crippen LogP contribution in [0.5, 0.6) is 0 Å². The first kappa shape index (κ1) is 19.8. The highest BCUT2D eigenvalue weighted by atomic mass is 19.1. The second-order valence-corrected chi connectivity index (χ2v) is 7.05. The van der Waals surface area contributed by atoms with Crippen molar-refractivity contribution in [3.05, 3.63) is 89.7 Å². The maximum Gasteiger partial charge on any atom is 0.261 e. The second-order valence-electron chi connectivity index (χ2n) is 7.05. The summed E-state index contributed by atoms with van der Waals surface area (Å²) in [4.78, 5) is 16.6. The molecule has 1 aliphatic rings. The van der Waals surface area contributed by atoms with E-state index in [1.165, 1.54) is 18.2 Å². The molecule has 1 amide bonds. The predicted molar refractivity (Wildman–Crippen MR) is 112 cm³/mol. The fourth-order valence-corrected chi connectivity index (χ4v) is 3.54. The third kappa shape index (κ3) is 4.25. The van der Waals surface area contributed by atoms with Crippen molar-refractivity contribution in [1.29, 1.82) is 0 Å². The van der Waals surface area contributed by atoms with Gasteiger partial charge in [-0.25, -0.2) is 13.2 Å².